The molecule has 0 saturated carbocycles. The fourth-order valence-corrected chi connectivity index (χ4v) is 1.73. The molecule has 0 spiro atoms. The van der Waals surface area contributed by atoms with Crippen LogP contribution in [0.5, 0.6) is 0 Å². The van der Waals surface area contributed by atoms with Gasteiger partial charge in [0, 0.05) is 11.8 Å². The molecule has 72 valence electrons. The summed E-state index contributed by atoms with van der Waals surface area (Å²) in [6.07, 6.45) is 1.84. The number of nitrogens with zero attached hydrogens (tertiary/aromatic N) is 1. The topological polar surface area (TPSA) is 100 Å². The van der Waals surface area contributed by atoms with Crippen molar-refractivity contribution in [1.82, 2.24) is 10.2 Å². The van der Waals surface area contributed by atoms with Crippen molar-refractivity contribution in [3.8, 4) is 0 Å². The van der Waals surface area contributed by atoms with E-state index in [0.29, 0.717) is 0 Å². The quantitative estimate of drug-likeness (QED) is 0.687. The molecule has 0 radical (unpaired) electrons. The minimum absolute atomic E-state index is 0.130. The second kappa shape index (κ2) is 3.17. The number of carboxylic acids is 1. The largest absolute Gasteiger partial charge is 0.481 e. The highest BCUT2D eigenvalue weighted by atomic mass is 32.2. The maximum atomic E-state index is 11.0. The summed E-state index contributed by atoms with van der Waals surface area (Å²) >= 11 is 0. The predicted octanol–water partition coefficient (Wildman–Crippen LogP) is -0.560. The number of rotatable bonds is 3. The molecule has 0 saturated heterocycles. The van der Waals surface area contributed by atoms with Gasteiger partial charge in [0.15, 0.2) is 14.9 Å². The third kappa shape index (κ3) is 2.28. The summed E-state index contributed by atoms with van der Waals surface area (Å²) in [5.41, 5.74) is 0.176. The van der Waals surface area contributed by atoms with E-state index in [-0.39, 0.29) is 17.0 Å². The van der Waals surface area contributed by atoms with Crippen molar-refractivity contribution in [1.29, 1.82) is 0 Å². The first-order valence-corrected chi connectivity index (χ1v) is 5.24. The molecular weight excluding hydrogens is 196 g/mol. The fourth-order valence-electron chi connectivity index (χ4n) is 0.909. The monoisotopic (exact) mass is 204 g/mol. The molecule has 0 aromatic carbocycles. The lowest BCUT2D eigenvalue weighted by Gasteiger charge is -1.96. The molecule has 7 heteroatoms. The van der Waals surface area contributed by atoms with Gasteiger partial charge in [0.2, 0.25) is 0 Å². The molecule has 1 aromatic rings. The molecule has 0 fully saturated rings. The average Bonchev–Trinajstić information content (AvgIpc) is 2.31. The van der Waals surface area contributed by atoms with Crippen LogP contribution in [0.3, 0.4) is 0 Å². The van der Waals surface area contributed by atoms with Crippen LogP contribution in [-0.4, -0.2) is 35.9 Å². The number of aromatic nitrogens is 2. The predicted molar refractivity (Wildman–Crippen MR) is 43.0 cm³/mol. The van der Waals surface area contributed by atoms with Gasteiger partial charge in [0.1, 0.15) is 0 Å². The van der Waals surface area contributed by atoms with Gasteiger partial charge >= 0.3 is 5.97 Å². The van der Waals surface area contributed by atoms with E-state index in [1.807, 2.05) is 0 Å². The zero-order valence-corrected chi connectivity index (χ0v) is 7.63. The maximum absolute atomic E-state index is 11.0. The summed E-state index contributed by atoms with van der Waals surface area (Å²) in [4.78, 5) is 10.3. The van der Waals surface area contributed by atoms with Crippen LogP contribution in [0.15, 0.2) is 11.2 Å². The number of hydrogen-bond acceptors (Lipinski definition) is 4. The van der Waals surface area contributed by atoms with Gasteiger partial charge < -0.3 is 5.11 Å². The minimum Gasteiger partial charge on any atom is -0.481 e. The lowest BCUT2D eigenvalue weighted by atomic mass is 10.3. The summed E-state index contributed by atoms with van der Waals surface area (Å²) in [5.74, 6) is -1.09. The first-order valence-electron chi connectivity index (χ1n) is 3.35. The number of H-pyrrole nitrogens is 1. The maximum Gasteiger partial charge on any atom is 0.307 e. The molecule has 1 aromatic heterocycles. The highest BCUT2D eigenvalue weighted by Gasteiger charge is 2.17. The normalized spacial score (nSPS) is 11.5. The molecule has 0 aliphatic heterocycles. The number of aromatic amines is 1. The standard InChI is InChI=1S/C6H8N2O4S/c1-13(11,12)6-4(2-5(9)10)3-7-8-6/h3H,2H2,1H3,(H,7,8)(H,9,10). The molecule has 0 amide bonds. The van der Waals surface area contributed by atoms with Gasteiger partial charge in [0.05, 0.1) is 12.6 Å². The Labute approximate surface area is 74.5 Å². The third-order valence-corrected chi connectivity index (χ3v) is 2.49. The molecule has 0 aliphatic rings. The van der Waals surface area contributed by atoms with E-state index in [1.54, 1.807) is 0 Å². The van der Waals surface area contributed by atoms with Gasteiger partial charge in [-0.25, -0.2) is 8.42 Å². The van der Waals surface area contributed by atoms with Crippen molar-refractivity contribution >= 4 is 15.8 Å². The Hall–Kier alpha value is -1.37. The Bertz CT molecular complexity index is 420. The van der Waals surface area contributed by atoms with Crippen LogP contribution in [0.4, 0.5) is 0 Å². The van der Waals surface area contributed by atoms with E-state index in [9.17, 15) is 13.2 Å². The molecule has 0 unspecified atom stereocenters. The van der Waals surface area contributed by atoms with Crippen molar-refractivity contribution < 1.29 is 18.3 Å². The Balaban J connectivity index is 3.11. The number of sulfone groups is 1. The van der Waals surface area contributed by atoms with Gasteiger partial charge in [-0.2, -0.15) is 5.10 Å². The van der Waals surface area contributed by atoms with Gasteiger partial charge in [-0.3, -0.25) is 9.89 Å². The van der Waals surface area contributed by atoms with Crippen LogP contribution in [0, 0.1) is 0 Å². The van der Waals surface area contributed by atoms with Crippen molar-refractivity contribution in [2.45, 2.75) is 11.4 Å². The summed E-state index contributed by atoms with van der Waals surface area (Å²) in [6.45, 7) is 0. The highest BCUT2D eigenvalue weighted by molar-refractivity contribution is 7.90. The van der Waals surface area contributed by atoms with E-state index in [0.717, 1.165) is 6.26 Å². The molecule has 0 atom stereocenters. The lowest BCUT2D eigenvalue weighted by Crippen LogP contribution is -2.06. The van der Waals surface area contributed by atoms with Gasteiger partial charge in [-0.05, 0) is 0 Å². The Morgan fingerprint density at radius 2 is 2.31 bits per heavy atom. The van der Waals surface area contributed by atoms with Gasteiger partial charge in [-0.15, -0.1) is 0 Å². The second-order valence-corrected chi connectivity index (χ2v) is 4.52. The first-order chi connectivity index (χ1) is 5.91. The van der Waals surface area contributed by atoms with E-state index in [4.69, 9.17) is 5.11 Å². The van der Waals surface area contributed by atoms with Crippen LogP contribution in [0.1, 0.15) is 5.56 Å². The summed E-state index contributed by atoms with van der Waals surface area (Å²) in [5, 5.41) is 14.0. The lowest BCUT2D eigenvalue weighted by molar-refractivity contribution is -0.136. The zero-order valence-electron chi connectivity index (χ0n) is 6.81. The van der Waals surface area contributed by atoms with Crippen molar-refractivity contribution in [2.24, 2.45) is 0 Å². The summed E-state index contributed by atoms with van der Waals surface area (Å²) in [6, 6.07) is 0. The van der Waals surface area contributed by atoms with Crippen molar-refractivity contribution in [3.05, 3.63) is 11.8 Å². The van der Waals surface area contributed by atoms with Gasteiger partial charge in [-0.1, -0.05) is 0 Å². The zero-order chi connectivity index (χ0) is 10.1. The second-order valence-electron chi connectivity index (χ2n) is 2.57. The van der Waals surface area contributed by atoms with E-state index >= 15 is 0 Å². The number of nitrogens with one attached hydrogen (secondary N) is 1. The summed E-state index contributed by atoms with van der Waals surface area (Å²) < 4.78 is 22.1. The van der Waals surface area contributed by atoms with Crippen LogP contribution < -0.4 is 0 Å². The van der Waals surface area contributed by atoms with E-state index < -0.39 is 15.8 Å². The Kier molecular flexibility index (Phi) is 2.37. The molecule has 2 N–H and O–H groups in total. The van der Waals surface area contributed by atoms with Crippen molar-refractivity contribution in [3.63, 3.8) is 0 Å². The van der Waals surface area contributed by atoms with Crippen molar-refractivity contribution in [2.75, 3.05) is 6.26 Å². The molecule has 0 aliphatic carbocycles. The van der Waals surface area contributed by atoms with Crippen LogP contribution in [0.25, 0.3) is 0 Å². The highest BCUT2D eigenvalue weighted by Crippen LogP contribution is 2.11. The molecule has 1 rings (SSSR count). The smallest absolute Gasteiger partial charge is 0.307 e. The Morgan fingerprint density at radius 1 is 1.69 bits per heavy atom. The minimum atomic E-state index is -3.42. The molecule has 6 nitrogen and oxygen atoms in total. The van der Waals surface area contributed by atoms with Crippen LogP contribution in [-0.2, 0) is 21.1 Å². The summed E-state index contributed by atoms with van der Waals surface area (Å²) in [7, 11) is -3.42. The van der Waals surface area contributed by atoms with E-state index in [1.165, 1.54) is 6.20 Å². The van der Waals surface area contributed by atoms with Crippen LogP contribution >= 0.6 is 0 Å². The van der Waals surface area contributed by atoms with Crippen LogP contribution in [0.2, 0.25) is 0 Å². The number of carbonyl (C=O) groups is 1. The number of carboxylic acid groups (broad SMARTS) is 1. The number of aliphatic carboxylic acids is 1. The number of hydrogen-bond donors (Lipinski definition) is 2. The molecule has 13 heavy (non-hydrogen) atoms. The van der Waals surface area contributed by atoms with E-state index in [2.05, 4.69) is 10.2 Å². The third-order valence-electron chi connectivity index (χ3n) is 1.39. The SMILES string of the molecule is CS(=O)(=O)c1[nH]ncc1CC(=O)O. The molecular formula is C6H8N2O4S. The Morgan fingerprint density at radius 3 is 2.77 bits per heavy atom. The van der Waals surface area contributed by atoms with Gasteiger partial charge in [0.25, 0.3) is 0 Å². The first kappa shape index (κ1) is 9.72. The molecule has 0 bridgehead atoms. The molecule has 1 heterocycles. The average molecular weight is 204 g/mol. The fraction of sp³-hybridized carbons (Fsp3) is 0.333.